The third-order valence-electron chi connectivity index (χ3n) is 2.56. The van der Waals surface area contributed by atoms with Crippen molar-refractivity contribution in [2.24, 2.45) is 0 Å². The number of nitrogens with one attached hydrogen (secondary N) is 1. The van der Waals surface area contributed by atoms with Gasteiger partial charge in [-0.25, -0.2) is 4.39 Å². The number of pyridine rings is 1. The Labute approximate surface area is 105 Å². The van der Waals surface area contributed by atoms with Crippen molar-refractivity contribution < 1.29 is 4.39 Å². The monoisotopic (exact) mass is 241 g/mol. The van der Waals surface area contributed by atoms with Gasteiger partial charge in [-0.05, 0) is 36.2 Å². The van der Waals surface area contributed by atoms with Crippen LogP contribution < -0.4 is 5.32 Å². The van der Waals surface area contributed by atoms with Gasteiger partial charge in [0.25, 0.3) is 0 Å². The van der Waals surface area contributed by atoms with Crippen molar-refractivity contribution in [3.63, 3.8) is 0 Å². The summed E-state index contributed by atoms with van der Waals surface area (Å²) in [7, 11) is 0. The van der Waals surface area contributed by atoms with Crippen LogP contribution in [0, 0.1) is 17.1 Å². The molecule has 1 heterocycles. The first kappa shape index (κ1) is 12.1. The lowest BCUT2D eigenvalue weighted by molar-refractivity contribution is 0.624. The molecule has 2 aromatic rings. The van der Waals surface area contributed by atoms with E-state index in [1.54, 1.807) is 24.5 Å². The van der Waals surface area contributed by atoms with E-state index in [4.69, 9.17) is 5.26 Å². The maximum Gasteiger partial charge on any atom is 0.143 e. The summed E-state index contributed by atoms with van der Waals surface area (Å²) in [5.41, 5.74) is 1.86. The number of nitrogens with zero attached hydrogens (tertiary/aromatic N) is 2. The zero-order valence-corrected chi connectivity index (χ0v) is 9.73. The second kappa shape index (κ2) is 5.78. The molecule has 0 saturated heterocycles. The number of hydrogen-bond donors (Lipinski definition) is 1. The molecule has 2 rings (SSSR count). The molecule has 0 radical (unpaired) electrons. The molecule has 1 aromatic carbocycles. The predicted octanol–water partition coefficient (Wildman–Crippen LogP) is 2.75. The maximum absolute atomic E-state index is 13.3. The van der Waals surface area contributed by atoms with Crippen LogP contribution in [0.25, 0.3) is 0 Å². The Hall–Kier alpha value is -2.41. The van der Waals surface area contributed by atoms with Crippen LogP contribution in [0.1, 0.15) is 11.1 Å². The van der Waals surface area contributed by atoms with E-state index in [9.17, 15) is 4.39 Å². The summed E-state index contributed by atoms with van der Waals surface area (Å²) < 4.78 is 13.3. The lowest BCUT2D eigenvalue weighted by atomic mass is 10.2. The summed E-state index contributed by atoms with van der Waals surface area (Å²) in [4.78, 5) is 4.02. The molecule has 1 N–H and O–H groups in total. The van der Waals surface area contributed by atoms with Gasteiger partial charge in [-0.15, -0.1) is 0 Å². The summed E-state index contributed by atoms with van der Waals surface area (Å²) in [6.45, 7) is 0.692. The highest BCUT2D eigenvalue weighted by molar-refractivity contribution is 5.48. The van der Waals surface area contributed by atoms with E-state index < -0.39 is 5.82 Å². The standard InChI is InChI=1S/C14H12FN3/c15-14-8-13(4-3-12(14)9-16)18-7-5-11-2-1-6-17-10-11/h1-4,6,8,10,18H,5,7H2. The van der Waals surface area contributed by atoms with Gasteiger partial charge in [0.05, 0.1) is 5.56 Å². The largest absolute Gasteiger partial charge is 0.385 e. The van der Waals surface area contributed by atoms with E-state index in [2.05, 4.69) is 10.3 Å². The second-order valence-electron chi connectivity index (χ2n) is 3.84. The highest BCUT2D eigenvalue weighted by Crippen LogP contribution is 2.13. The maximum atomic E-state index is 13.3. The van der Waals surface area contributed by atoms with Gasteiger partial charge in [0.1, 0.15) is 11.9 Å². The van der Waals surface area contributed by atoms with Crippen LogP contribution in [0.15, 0.2) is 42.7 Å². The normalized spacial score (nSPS) is 9.78. The molecule has 0 spiro atoms. The van der Waals surface area contributed by atoms with Crippen molar-refractivity contribution in [1.82, 2.24) is 4.98 Å². The highest BCUT2D eigenvalue weighted by atomic mass is 19.1. The van der Waals surface area contributed by atoms with Crippen molar-refractivity contribution in [2.75, 3.05) is 11.9 Å². The zero-order chi connectivity index (χ0) is 12.8. The van der Waals surface area contributed by atoms with Gasteiger partial charge in [0, 0.05) is 24.6 Å². The van der Waals surface area contributed by atoms with Crippen molar-refractivity contribution in [1.29, 1.82) is 5.26 Å². The molecule has 18 heavy (non-hydrogen) atoms. The fourth-order valence-electron chi connectivity index (χ4n) is 1.61. The van der Waals surface area contributed by atoms with E-state index in [1.165, 1.54) is 12.1 Å². The summed E-state index contributed by atoms with van der Waals surface area (Å²) in [5.74, 6) is -0.496. The van der Waals surface area contributed by atoms with Crippen LogP contribution >= 0.6 is 0 Å². The van der Waals surface area contributed by atoms with Crippen LogP contribution in [-0.2, 0) is 6.42 Å². The minimum atomic E-state index is -0.496. The lowest BCUT2D eigenvalue weighted by Crippen LogP contribution is -2.05. The van der Waals surface area contributed by atoms with E-state index >= 15 is 0 Å². The van der Waals surface area contributed by atoms with E-state index in [-0.39, 0.29) is 5.56 Å². The highest BCUT2D eigenvalue weighted by Gasteiger charge is 2.02. The van der Waals surface area contributed by atoms with Gasteiger partial charge in [0.15, 0.2) is 0 Å². The van der Waals surface area contributed by atoms with Gasteiger partial charge in [0.2, 0.25) is 0 Å². The molecule has 0 unspecified atom stereocenters. The topological polar surface area (TPSA) is 48.7 Å². The minimum absolute atomic E-state index is 0.0628. The number of halogens is 1. The molecule has 0 aliphatic carbocycles. The lowest BCUT2D eigenvalue weighted by Gasteiger charge is -2.06. The number of aromatic nitrogens is 1. The minimum Gasteiger partial charge on any atom is -0.385 e. The second-order valence-corrected chi connectivity index (χ2v) is 3.84. The molecule has 3 nitrogen and oxygen atoms in total. The van der Waals surface area contributed by atoms with Crippen LogP contribution in [-0.4, -0.2) is 11.5 Å². The van der Waals surface area contributed by atoms with Crippen molar-refractivity contribution in [3.8, 4) is 6.07 Å². The zero-order valence-electron chi connectivity index (χ0n) is 9.73. The summed E-state index contributed by atoms with van der Waals surface area (Å²) in [6, 6.07) is 10.2. The van der Waals surface area contributed by atoms with Gasteiger partial charge in [-0.1, -0.05) is 6.07 Å². The average Bonchev–Trinajstić information content (AvgIpc) is 2.40. The smallest absolute Gasteiger partial charge is 0.143 e. The summed E-state index contributed by atoms with van der Waals surface area (Å²) in [6.07, 6.45) is 4.35. The molecular formula is C14H12FN3. The quantitative estimate of drug-likeness (QED) is 0.895. The Morgan fingerprint density at radius 3 is 2.89 bits per heavy atom. The molecule has 0 aliphatic rings. The molecule has 1 aromatic heterocycles. The Balaban J connectivity index is 1.91. The number of anilines is 1. The number of hydrogen-bond acceptors (Lipinski definition) is 3. The van der Waals surface area contributed by atoms with Gasteiger partial charge < -0.3 is 5.32 Å². The fraction of sp³-hybridized carbons (Fsp3) is 0.143. The molecule has 4 heteroatoms. The first-order valence-electron chi connectivity index (χ1n) is 5.62. The summed E-state index contributed by atoms with van der Waals surface area (Å²) >= 11 is 0. The number of benzene rings is 1. The molecule has 0 saturated carbocycles. The SMILES string of the molecule is N#Cc1ccc(NCCc2cccnc2)cc1F. The first-order valence-corrected chi connectivity index (χ1v) is 5.62. The summed E-state index contributed by atoms with van der Waals surface area (Å²) in [5, 5.41) is 11.7. The van der Waals surface area contributed by atoms with Gasteiger partial charge in [-0.2, -0.15) is 5.26 Å². The van der Waals surface area contributed by atoms with Crippen molar-refractivity contribution in [2.45, 2.75) is 6.42 Å². The Bertz CT molecular complexity index is 561. The third-order valence-corrected chi connectivity index (χ3v) is 2.56. The molecule has 90 valence electrons. The van der Waals surface area contributed by atoms with E-state index in [0.717, 1.165) is 12.0 Å². The Kier molecular flexibility index (Phi) is 3.87. The van der Waals surface area contributed by atoms with E-state index in [0.29, 0.717) is 12.2 Å². The Morgan fingerprint density at radius 1 is 1.33 bits per heavy atom. The average molecular weight is 241 g/mol. The predicted molar refractivity (Wildman–Crippen MR) is 67.5 cm³/mol. The number of nitriles is 1. The molecule has 0 fully saturated rings. The molecule has 0 bridgehead atoms. The van der Waals surface area contributed by atoms with Crippen molar-refractivity contribution >= 4 is 5.69 Å². The molecule has 0 aliphatic heterocycles. The van der Waals surface area contributed by atoms with Crippen LogP contribution in [0.3, 0.4) is 0 Å². The van der Waals surface area contributed by atoms with E-state index in [1.807, 2.05) is 12.1 Å². The first-order chi connectivity index (χ1) is 8.79. The number of rotatable bonds is 4. The third kappa shape index (κ3) is 3.05. The van der Waals surface area contributed by atoms with Crippen LogP contribution in [0.2, 0.25) is 0 Å². The van der Waals surface area contributed by atoms with Gasteiger partial charge in [-0.3, -0.25) is 4.98 Å². The Morgan fingerprint density at radius 2 is 2.22 bits per heavy atom. The molecule has 0 atom stereocenters. The molecular weight excluding hydrogens is 229 g/mol. The van der Waals surface area contributed by atoms with Crippen LogP contribution in [0.4, 0.5) is 10.1 Å². The molecule has 0 amide bonds. The van der Waals surface area contributed by atoms with Gasteiger partial charge >= 0.3 is 0 Å². The van der Waals surface area contributed by atoms with Crippen molar-refractivity contribution in [3.05, 3.63) is 59.7 Å². The fourth-order valence-corrected chi connectivity index (χ4v) is 1.61. The van der Waals surface area contributed by atoms with Crippen LogP contribution in [0.5, 0.6) is 0 Å².